The highest BCUT2D eigenvalue weighted by molar-refractivity contribution is 6.23. The molecule has 4 aliphatic rings. The Morgan fingerprint density at radius 2 is 1.95 bits per heavy atom. The predicted molar refractivity (Wildman–Crippen MR) is 157 cm³/mol. The minimum atomic E-state index is -1.88. The SMILES string of the molecule is CCCCCCOC(=O)C12OC1(CC(CO)=C(C)CCC1CC[NH2+]C(N)C1)C(=O)C1CCCC(CC(C)C)C1C2=O. The first kappa shape index (κ1) is 32.3. The van der Waals surface area contributed by atoms with Gasteiger partial charge in [0.05, 0.1) is 19.8 Å². The molecule has 0 aromatic heterocycles. The van der Waals surface area contributed by atoms with Gasteiger partial charge >= 0.3 is 5.97 Å². The summed E-state index contributed by atoms with van der Waals surface area (Å²) in [6, 6.07) is 0. The molecule has 0 bridgehead atoms. The van der Waals surface area contributed by atoms with E-state index in [1.54, 1.807) is 0 Å². The largest absolute Gasteiger partial charge is 0.463 e. The fourth-order valence-electron chi connectivity index (χ4n) is 8.09. The van der Waals surface area contributed by atoms with E-state index in [4.69, 9.17) is 15.2 Å². The van der Waals surface area contributed by atoms with Crippen LogP contribution in [0.15, 0.2) is 11.1 Å². The van der Waals surface area contributed by atoms with Gasteiger partial charge in [-0.25, -0.2) is 4.79 Å². The van der Waals surface area contributed by atoms with Crippen molar-refractivity contribution in [2.75, 3.05) is 19.8 Å². The molecular formula is C33H55N2O6+. The minimum Gasteiger partial charge on any atom is -0.463 e. The second kappa shape index (κ2) is 13.8. The van der Waals surface area contributed by atoms with Crippen LogP contribution in [0.5, 0.6) is 0 Å². The van der Waals surface area contributed by atoms with E-state index >= 15 is 0 Å². The maximum atomic E-state index is 14.4. The number of fused-ring (bicyclic) bond motifs is 2. The van der Waals surface area contributed by atoms with Crippen molar-refractivity contribution in [3.8, 4) is 0 Å². The van der Waals surface area contributed by atoms with Crippen LogP contribution in [0.3, 0.4) is 0 Å². The summed E-state index contributed by atoms with van der Waals surface area (Å²) in [6.07, 6.45) is 11.1. The Bertz CT molecular complexity index is 994. The molecule has 7 atom stereocenters. The van der Waals surface area contributed by atoms with Crippen molar-refractivity contribution >= 4 is 17.5 Å². The highest BCUT2D eigenvalue weighted by atomic mass is 16.7. The zero-order chi connectivity index (χ0) is 29.8. The lowest BCUT2D eigenvalue weighted by Gasteiger charge is -2.42. The average Bonchev–Trinajstić information content (AvgIpc) is 3.64. The number of nitrogens with two attached hydrogens (primary N) is 2. The number of carbonyl (C=O) groups is 3. The number of hydrogen-bond acceptors (Lipinski definition) is 7. The topological polar surface area (TPSA) is 136 Å². The Balaban J connectivity index is 1.59. The third-order valence-corrected chi connectivity index (χ3v) is 10.4. The van der Waals surface area contributed by atoms with E-state index in [9.17, 15) is 19.5 Å². The Morgan fingerprint density at radius 1 is 1.17 bits per heavy atom. The van der Waals surface area contributed by atoms with Gasteiger partial charge in [0.15, 0.2) is 17.2 Å². The summed E-state index contributed by atoms with van der Waals surface area (Å²) in [5, 5.41) is 12.6. The molecule has 0 aromatic carbocycles. The molecule has 5 N–H and O–H groups in total. The molecule has 2 aliphatic heterocycles. The zero-order valence-corrected chi connectivity index (χ0v) is 25.9. The first-order valence-electron chi connectivity index (χ1n) is 16.4. The number of unbranched alkanes of at least 4 members (excludes halogenated alkanes) is 3. The number of quaternary nitrogens is 1. The molecule has 2 aliphatic carbocycles. The second-order valence-corrected chi connectivity index (χ2v) is 13.8. The van der Waals surface area contributed by atoms with E-state index in [2.05, 4.69) is 26.1 Å². The number of esters is 1. The Hall–Kier alpha value is -1.61. The van der Waals surface area contributed by atoms with E-state index in [-0.39, 0.29) is 43.3 Å². The van der Waals surface area contributed by atoms with Crippen LogP contribution in [0.4, 0.5) is 0 Å². The number of aliphatic hydroxyl groups is 1. The Morgan fingerprint density at radius 3 is 2.63 bits per heavy atom. The molecule has 2 saturated heterocycles. The van der Waals surface area contributed by atoms with Gasteiger partial charge in [-0.05, 0) is 75.2 Å². The molecule has 41 heavy (non-hydrogen) atoms. The molecule has 232 valence electrons. The summed E-state index contributed by atoms with van der Waals surface area (Å²) in [7, 11) is 0. The molecule has 4 rings (SSSR count). The lowest BCUT2D eigenvalue weighted by atomic mass is 9.56. The molecule has 4 fully saturated rings. The molecule has 8 nitrogen and oxygen atoms in total. The zero-order valence-electron chi connectivity index (χ0n) is 25.9. The number of ketones is 2. The maximum absolute atomic E-state index is 14.4. The summed E-state index contributed by atoms with van der Waals surface area (Å²) in [4.78, 5) is 42.5. The standard InChI is InChI=1S/C33H54N2O6/c1-5-6-7-8-16-40-31(39)33-30(38)28-24(17-21(2)3)10-9-11-26(28)29(37)32(33,41-33)19-25(20-36)22(4)12-13-23-14-15-35-27(34)18-23/h21,23-24,26-28,35-36H,5-20,34H2,1-4H3/p+1. The molecule has 2 saturated carbocycles. The fraction of sp³-hybridized carbons (Fsp3) is 0.848. The van der Waals surface area contributed by atoms with E-state index < -0.39 is 29.0 Å². The third-order valence-electron chi connectivity index (χ3n) is 10.4. The van der Waals surface area contributed by atoms with Crippen molar-refractivity contribution < 1.29 is 34.3 Å². The van der Waals surface area contributed by atoms with E-state index in [0.29, 0.717) is 23.8 Å². The van der Waals surface area contributed by atoms with E-state index in [1.165, 1.54) is 0 Å². The van der Waals surface area contributed by atoms with Crippen molar-refractivity contribution in [3.63, 3.8) is 0 Å². The summed E-state index contributed by atoms with van der Waals surface area (Å²) >= 11 is 0. The van der Waals surface area contributed by atoms with Crippen molar-refractivity contribution in [2.45, 2.75) is 129 Å². The summed E-state index contributed by atoms with van der Waals surface area (Å²) in [5.74, 6) is -1.05. The summed E-state index contributed by atoms with van der Waals surface area (Å²) in [6.45, 7) is 9.39. The van der Waals surface area contributed by atoms with Gasteiger partial charge in [0.2, 0.25) is 0 Å². The molecule has 0 aromatic rings. The van der Waals surface area contributed by atoms with Crippen LogP contribution < -0.4 is 11.1 Å². The van der Waals surface area contributed by atoms with Crippen LogP contribution in [-0.2, 0) is 23.9 Å². The van der Waals surface area contributed by atoms with Crippen LogP contribution >= 0.6 is 0 Å². The number of Topliss-reactive ketones (excluding diaryl/α,β-unsaturated/α-hetero) is 2. The third kappa shape index (κ3) is 6.51. The van der Waals surface area contributed by atoms with Gasteiger partial charge in [-0.3, -0.25) is 15.3 Å². The monoisotopic (exact) mass is 575 g/mol. The van der Waals surface area contributed by atoms with Crippen LogP contribution in [0.2, 0.25) is 0 Å². The van der Waals surface area contributed by atoms with Gasteiger partial charge in [0, 0.05) is 24.7 Å². The average molecular weight is 576 g/mol. The highest BCUT2D eigenvalue weighted by Crippen LogP contribution is 2.63. The molecule has 0 amide bonds. The summed E-state index contributed by atoms with van der Waals surface area (Å²) in [5.41, 5.74) is 4.41. The van der Waals surface area contributed by atoms with Crippen LogP contribution in [0, 0.1) is 29.6 Å². The minimum absolute atomic E-state index is 0.0651. The summed E-state index contributed by atoms with van der Waals surface area (Å²) < 4.78 is 11.9. The smallest absolute Gasteiger partial charge is 0.349 e. The lowest BCUT2D eigenvalue weighted by Crippen LogP contribution is -2.94. The first-order chi connectivity index (χ1) is 19.6. The van der Waals surface area contributed by atoms with E-state index in [0.717, 1.165) is 82.7 Å². The van der Waals surface area contributed by atoms with Gasteiger partial charge in [-0.2, -0.15) is 0 Å². The van der Waals surface area contributed by atoms with Crippen LogP contribution in [-0.4, -0.2) is 59.8 Å². The predicted octanol–water partition coefficient (Wildman–Crippen LogP) is 3.59. The quantitative estimate of drug-likeness (QED) is 0.0947. The highest BCUT2D eigenvalue weighted by Gasteiger charge is 2.87. The molecule has 0 radical (unpaired) electrons. The fourth-order valence-corrected chi connectivity index (χ4v) is 8.09. The number of allylic oxidation sites excluding steroid dienone is 1. The number of carbonyl (C=O) groups excluding carboxylic acids is 3. The number of hydrogen-bond donors (Lipinski definition) is 3. The normalized spacial score (nSPS) is 35.5. The Labute approximate surface area is 246 Å². The van der Waals surface area contributed by atoms with Crippen LogP contribution in [0.1, 0.15) is 111 Å². The second-order valence-electron chi connectivity index (χ2n) is 13.8. The van der Waals surface area contributed by atoms with Crippen molar-refractivity contribution in [3.05, 3.63) is 11.1 Å². The van der Waals surface area contributed by atoms with Gasteiger partial charge < -0.3 is 19.9 Å². The number of rotatable bonds is 14. The van der Waals surface area contributed by atoms with Gasteiger partial charge in [-0.15, -0.1) is 0 Å². The number of piperidine rings is 1. The first-order valence-corrected chi connectivity index (χ1v) is 16.4. The maximum Gasteiger partial charge on any atom is 0.349 e. The lowest BCUT2D eigenvalue weighted by molar-refractivity contribution is -0.699. The van der Waals surface area contributed by atoms with Crippen LogP contribution in [0.25, 0.3) is 0 Å². The number of aliphatic hydroxyl groups excluding tert-OH is 1. The molecule has 0 spiro atoms. The van der Waals surface area contributed by atoms with Crippen molar-refractivity contribution in [2.24, 2.45) is 35.3 Å². The van der Waals surface area contributed by atoms with E-state index in [1.807, 2.05) is 6.92 Å². The van der Waals surface area contributed by atoms with Crippen molar-refractivity contribution in [1.29, 1.82) is 0 Å². The number of ether oxygens (including phenoxy) is 2. The molecule has 8 heteroatoms. The van der Waals surface area contributed by atoms with Gasteiger partial charge in [0.25, 0.3) is 5.60 Å². The Kier molecular flexibility index (Phi) is 10.9. The molecular weight excluding hydrogens is 520 g/mol. The molecule has 2 heterocycles. The van der Waals surface area contributed by atoms with Gasteiger partial charge in [0.1, 0.15) is 6.17 Å². The molecule has 7 unspecified atom stereocenters. The number of epoxide rings is 1. The van der Waals surface area contributed by atoms with Gasteiger partial charge in [-0.1, -0.05) is 52.0 Å². The van der Waals surface area contributed by atoms with Crippen molar-refractivity contribution in [1.82, 2.24) is 0 Å².